The van der Waals surface area contributed by atoms with Crippen LogP contribution < -0.4 is 5.73 Å². The number of hydrogen-bond acceptors (Lipinski definition) is 4. The Morgan fingerprint density at radius 3 is 2.61 bits per heavy atom. The molecule has 0 radical (unpaired) electrons. The Balaban J connectivity index is 2.26. The summed E-state index contributed by atoms with van der Waals surface area (Å²) in [7, 11) is 0. The fourth-order valence-electron chi connectivity index (χ4n) is 1.28. The van der Waals surface area contributed by atoms with Crippen LogP contribution in [0.25, 0.3) is 11.5 Å². The highest BCUT2D eigenvalue weighted by atomic mass is 19.4. The topological polar surface area (TPSA) is 64.9 Å². The van der Waals surface area contributed by atoms with Crippen LogP contribution >= 0.6 is 0 Å². The molecule has 0 aliphatic rings. The molecule has 1 aromatic heterocycles. The van der Waals surface area contributed by atoms with Crippen molar-refractivity contribution in [3.63, 3.8) is 0 Å². The third-order valence-electron chi connectivity index (χ3n) is 2.07. The van der Waals surface area contributed by atoms with Gasteiger partial charge in [-0.3, -0.25) is 0 Å². The molecule has 0 bridgehead atoms. The van der Waals surface area contributed by atoms with Gasteiger partial charge in [0.05, 0.1) is 5.69 Å². The summed E-state index contributed by atoms with van der Waals surface area (Å²) in [6, 6.07) is 3.65. The van der Waals surface area contributed by atoms with Crippen LogP contribution in [0.1, 0.15) is 5.82 Å². The molecular weight excluding hydrogens is 254 g/mol. The van der Waals surface area contributed by atoms with Gasteiger partial charge in [-0.05, 0) is 18.2 Å². The lowest BCUT2D eigenvalue weighted by atomic mass is 10.2. The van der Waals surface area contributed by atoms with E-state index < -0.39 is 24.2 Å². The van der Waals surface area contributed by atoms with Crippen LogP contribution in [0.5, 0.6) is 0 Å². The lowest BCUT2D eigenvalue weighted by Gasteiger charge is -2.00. The van der Waals surface area contributed by atoms with Crippen LogP contribution in [0, 0.1) is 5.82 Å². The first-order valence-electron chi connectivity index (χ1n) is 4.80. The standard InChI is InChI=1S/C10H7F4N3O/c11-6-3-5(1-2-7(6)15)9-16-8(17-18-9)4-10(12,13)14/h1-3H,4,15H2. The number of anilines is 1. The number of rotatable bonds is 2. The predicted octanol–water partition coefficient (Wildman–Crippen LogP) is 2.56. The second-order valence-electron chi connectivity index (χ2n) is 3.54. The highest BCUT2D eigenvalue weighted by Gasteiger charge is 2.30. The molecule has 0 amide bonds. The molecule has 0 unspecified atom stereocenters. The van der Waals surface area contributed by atoms with Crippen molar-refractivity contribution in [2.45, 2.75) is 12.6 Å². The SMILES string of the molecule is Nc1ccc(-c2nc(CC(F)(F)F)no2)cc1F. The number of nitrogen functional groups attached to an aromatic ring is 1. The molecule has 96 valence electrons. The van der Waals surface area contributed by atoms with E-state index in [1.165, 1.54) is 12.1 Å². The van der Waals surface area contributed by atoms with Gasteiger partial charge in [-0.2, -0.15) is 18.2 Å². The summed E-state index contributed by atoms with van der Waals surface area (Å²) in [6.45, 7) is 0. The summed E-state index contributed by atoms with van der Waals surface area (Å²) in [6.07, 6.45) is -5.72. The van der Waals surface area contributed by atoms with E-state index in [0.29, 0.717) is 0 Å². The molecule has 0 spiro atoms. The second-order valence-corrected chi connectivity index (χ2v) is 3.54. The average Bonchev–Trinajstić information content (AvgIpc) is 2.68. The van der Waals surface area contributed by atoms with E-state index in [9.17, 15) is 17.6 Å². The molecule has 0 aliphatic heterocycles. The van der Waals surface area contributed by atoms with E-state index in [4.69, 9.17) is 5.73 Å². The largest absolute Gasteiger partial charge is 0.396 e. The van der Waals surface area contributed by atoms with Crippen molar-refractivity contribution in [1.29, 1.82) is 0 Å². The van der Waals surface area contributed by atoms with Crippen LogP contribution in [0.4, 0.5) is 23.2 Å². The third-order valence-corrected chi connectivity index (χ3v) is 2.07. The van der Waals surface area contributed by atoms with E-state index >= 15 is 0 Å². The molecule has 8 heteroatoms. The minimum absolute atomic E-state index is 0.0752. The van der Waals surface area contributed by atoms with Crippen LogP contribution in [0.3, 0.4) is 0 Å². The lowest BCUT2D eigenvalue weighted by Crippen LogP contribution is -2.12. The minimum Gasteiger partial charge on any atom is -0.396 e. The number of alkyl halides is 3. The van der Waals surface area contributed by atoms with E-state index in [1.54, 1.807) is 0 Å². The lowest BCUT2D eigenvalue weighted by molar-refractivity contribution is -0.128. The van der Waals surface area contributed by atoms with Gasteiger partial charge in [-0.1, -0.05) is 5.16 Å². The third kappa shape index (κ3) is 2.76. The van der Waals surface area contributed by atoms with Crippen molar-refractivity contribution in [1.82, 2.24) is 10.1 Å². The van der Waals surface area contributed by atoms with Crippen molar-refractivity contribution in [3.05, 3.63) is 29.8 Å². The maximum Gasteiger partial charge on any atom is 0.396 e. The summed E-state index contributed by atoms with van der Waals surface area (Å²) in [5.74, 6) is -1.40. The quantitative estimate of drug-likeness (QED) is 0.666. The maximum absolute atomic E-state index is 13.1. The molecule has 4 nitrogen and oxygen atoms in total. The normalized spacial score (nSPS) is 11.8. The smallest absolute Gasteiger partial charge is 0.396 e. The summed E-state index contributed by atoms with van der Waals surface area (Å²) in [4.78, 5) is 3.53. The maximum atomic E-state index is 13.1. The van der Waals surface area contributed by atoms with Gasteiger partial charge in [-0.25, -0.2) is 4.39 Å². The van der Waals surface area contributed by atoms with Gasteiger partial charge in [0, 0.05) is 5.56 Å². The first-order valence-corrected chi connectivity index (χ1v) is 4.80. The zero-order valence-electron chi connectivity index (χ0n) is 8.83. The molecule has 0 saturated carbocycles. The van der Waals surface area contributed by atoms with Crippen molar-refractivity contribution in [3.8, 4) is 11.5 Å². The van der Waals surface area contributed by atoms with Crippen LogP contribution in [0.15, 0.2) is 22.7 Å². The molecule has 2 aromatic rings. The monoisotopic (exact) mass is 261 g/mol. The number of benzene rings is 1. The summed E-state index contributed by atoms with van der Waals surface area (Å²) < 4.78 is 54.0. The molecule has 0 fully saturated rings. The Morgan fingerprint density at radius 1 is 1.28 bits per heavy atom. The van der Waals surface area contributed by atoms with Gasteiger partial charge in [0.25, 0.3) is 5.89 Å². The van der Waals surface area contributed by atoms with Crippen LogP contribution in [0.2, 0.25) is 0 Å². The summed E-state index contributed by atoms with van der Waals surface area (Å²) >= 11 is 0. The molecule has 2 rings (SSSR count). The molecule has 18 heavy (non-hydrogen) atoms. The van der Waals surface area contributed by atoms with Crippen molar-refractivity contribution in [2.75, 3.05) is 5.73 Å². The van der Waals surface area contributed by atoms with E-state index in [-0.39, 0.29) is 17.1 Å². The molecule has 0 saturated heterocycles. The Bertz CT molecular complexity index is 564. The van der Waals surface area contributed by atoms with Gasteiger partial charge in [0.1, 0.15) is 12.2 Å². The molecule has 1 aromatic carbocycles. The van der Waals surface area contributed by atoms with Crippen LogP contribution in [-0.2, 0) is 6.42 Å². The fraction of sp³-hybridized carbons (Fsp3) is 0.200. The minimum atomic E-state index is -4.42. The number of aromatic nitrogens is 2. The van der Waals surface area contributed by atoms with Crippen molar-refractivity contribution in [2.24, 2.45) is 0 Å². The van der Waals surface area contributed by atoms with E-state index in [1.807, 2.05) is 0 Å². The molecular formula is C10H7F4N3O. The first kappa shape index (κ1) is 12.3. The van der Waals surface area contributed by atoms with Gasteiger partial charge in [-0.15, -0.1) is 0 Å². The Morgan fingerprint density at radius 2 is 2.00 bits per heavy atom. The molecule has 1 heterocycles. The number of nitrogens with zero attached hydrogens (tertiary/aromatic N) is 2. The molecule has 0 aliphatic carbocycles. The Kier molecular flexibility index (Phi) is 2.93. The summed E-state index contributed by atoms with van der Waals surface area (Å²) in [5.41, 5.74) is 5.36. The molecule has 0 atom stereocenters. The van der Waals surface area contributed by atoms with Gasteiger partial charge < -0.3 is 10.3 Å². The number of hydrogen-bond donors (Lipinski definition) is 1. The van der Waals surface area contributed by atoms with Gasteiger partial charge in [0.15, 0.2) is 5.82 Å². The van der Waals surface area contributed by atoms with Crippen molar-refractivity contribution >= 4 is 5.69 Å². The van der Waals surface area contributed by atoms with Gasteiger partial charge >= 0.3 is 6.18 Å². The number of nitrogens with two attached hydrogens (primary N) is 1. The van der Waals surface area contributed by atoms with Crippen LogP contribution in [-0.4, -0.2) is 16.3 Å². The zero-order chi connectivity index (χ0) is 13.3. The highest BCUT2D eigenvalue weighted by Crippen LogP contribution is 2.24. The highest BCUT2D eigenvalue weighted by molar-refractivity contribution is 5.57. The van der Waals surface area contributed by atoms with Crippen molar-refractivity contribution < 1.29 is 22.1 Å². The second kappa shape index (κ2) is 4.28. The number of halogens is 4. The first-order chi connectivity index (χ1) is 8.35. The predicted molar refractivity (Wildman–Crippen MR) is 53.9 cm³/mol. The van der Waals surface area contributed by atoms with Gasteiger partial charge in [0.2, 0.25) is 0 Å². The Hall–Kier alpha value is -2.12. The fourth-order valence-corrected chi connectivity index (χ4v) is 1.28. The summed E-state index contributed by atoms with van der Waals surface area (Å²) in [5, 5.41) is 3.17. The van der Waals surface area contributed by atoms with E-state index in [0.717, 1.165) is 6.07 Å². The zero-order valence-corrected chi connectivity index (χ0v) is 8.83. The average molecular weight is 261 g/mol. The Labute approximate surface area is 98.4 Å². The van der Waals surface area contributed by atoms with E-state index in [2.05, 4.69) is 14.7 Å². The molecule has 2 N–H and O–H groups in total.